The van der Waals surface area contributed by atoms with E-state index in [-0.39, 0.29) is 11.1 Å². The van der Waals surface area contributed by atoms with Gasteiger partial charge in [0.05, 0.1) is 11.5 Å². The van der Waals surface area contributed by atoms with Crippen LogP contribution in [0.5, 0.6) is 0 Å². The molecule has 1 aromatic rings. The number of aliphatic hydroxyl groups is 1. The molecule has 0 aliphatic carbocycles. The number of rotatable bonds is 4. The number of benzene rings is 1. The van der Waals surface area contributed by atoms with Gasteiger partial charge in [0, 0.05) is 5.56 Å². The second-order valence-electron chi connectivity index (χ2n) is 3.80. The van der Waals surface area contributed by atoms with Crippen molar-refractivity contribution in [3.8, 4) is 0 Å². The molecule has 1 rings (SSSR count). The standard InChI is InChI=1S/C10H11F4NO3S/c1-6-8(11)2-7(4-16)3-9(6)19(17,18)15-5-10(12,13)14/h2-3,15-16H,4-5H2,1H3. The van der Waals surface area contributed by atoms with Gasteiger partial charge in [0.25, 0.3) is 0 Å². The first kappa shape index (κ1) is 15.9. The Balaban J connectivity index is 3.17. The second-order valence-corrected chi connectivity index (χ2v) is 5.53. The largest absolute Gasteiger partial charge is 0.402 e. The van der Waals surface area contributed by atoms with Gasteiger partial charge in [-0.05, 0) is 24.6 Å². The smallest absolute Gasteiger partial charge is 0.392 e. The third-order valence-corrected chi connectivity index (χ3v) is 3.82. The third-order valence-electron chi connectivity index (χ3n) is 2.29. The molecule has 0 heterocycles. The molecule has 0 atom stereocenters. The minimum absolute atomic E-state index is 0.0458. The van der Waals surface area contributed by atoms with Gasteiger partial charge in [0.2, 0.25) is 10.0 Å². The van der Waals surface area contributed by atoms with Crippen molar-refractivity contribution in [3.05, 3.63) is 29.1 Å². The van der Waals surface area contributed by atoms with Gasteiger partial charge in [0.1, 0.15) is 12.4 Å². The Morgan fingerprint density at radius 1 is 1.32 bits per heavy atom. The van der Waals surface area contributed by atoms with E-state index in [9.17, 15) is 26.0 Å². The first-order valence-electron chi connectivity index (χ1n) is 5.03. The number of hydrogen-bond acceptors (Lipinski definition) is 3. The van der Waals surface area contributed by atoms with E-state index in [0.29, 0.717) is 0 Å². The molecule has 0 radical (unpaired) electrons. The molecule has 19 heavy (non-hydrogen) atoms. The van der Waals surface area contributed by atoms with Gasteiger partial charge in [-0.25, -0.2) is 17.5 Å². The highest BCUT2D eigenvalue weighted by Crippen LogP contribution is 2.21. The summed E-state index contributed by atoms with van der Waals surface area (Å²) >= 11 is 0. The highest BCUT2D eigenvalue weighted by atomic mass is 32.2. The van der Waals surface area contributed by atoms with Gasteiger partial charge >= 0.3 is 6.18 Å². The molecule has 0 aliphatic heterocycles. The van der Waals surface area contributed by atoms with Crippen LogP contribution in [0.1, 0.15) is 11.1 Å². The molecule has 9 heteroatoms. The summed E-state index contributed by atoms with van der Waals surface area (Å²) in [5.74, 6) is -0.918. The summed E-state index contributed by atoms with van der Waals surface area (Å²) in [6, 6.07) is 1.84. The van der Waals surface area contributed by atoms with Crippen molar-refractivity contribution >= 4 is 10.0 Å². The first-order chi connectivity index (χ1) is 8.57. The Hall–Kier alpha value is -1.19. The molecule has 1 aromatic carbocycles. The molecule has 4 nitrogen and oxygen atoms in total. The normalized spacial score (nSPS) is 12.7. The van der Waals surface area contributed by atoms with Crippen LogP contribution in [0.15, 0.2) is 17.0 Å². The van der Waals surface area contributed by atoms with E-state index in [1.165, 1.54) is 4.72 Å². The molecule has 0 fully saturated rings. The van der Waals surface area contributed by atoms with Gasteiger partial charge in [-0.15, -0.1) is 0 Å². The average molecular weight is 301 g/mol. The van der Waals surface area contributed by atoms with Gasteiger partial charge < -0.3 is 5.11 Å². The van der Waals surface area contributed by atoms with E-state index in [1.54, 1.807) is 0 Å². The Morgan fingerprint density at radius 3 is 2.37 bits per heavy atom. The fourth-order valence-electron chi connectivity index (χ4n) is 1.33. The lowest BCUT2D eigenvalue weighted by molar-refractivity contribution is -0.121. The van der Waals surface area contributed by atoms with E-state index in [4.69, 9.17) is 5.11 Å². The highest BCUT2D eigenvalue weighted by Gasteiger charge is 2.31. The molecule has 0 amide bonds. The first-order valence-corrected chi connectivity index (χ1v) is 6.51. The van der Waals surface area contributed by atoms with Gasteiger partial charge in [0.15, 0.2) is 0 Å². The number of hydrogen-bond donors (Lipinski definition) is 2. The number of nitrogens with one attached hydrogen (secondary N) is 1. The summed E-state index contributed by atoms with van der Waals surface area (Å²) in [5.41, 5.74) is -0.359. The van der Waals surface area contributed by atoms with E-state index in [2.05, 4.69) is 0 Å². The summed E-state index contributed by atoms with van der Waals surface area (Å²) in [5, 5.41) is 8.84. The molecule has 0 unspecified atom stereocenters. The van der Waals surface area contributed by atoms with Gasteiger partial charge in [-0.1, -0.05) is 0 Å². The number of alkyl halides is 3. The zero-order valence-electron chi connectivity index (χ0n) is 9.75. The van der Waals surface area contributed by atoms with Crippen LogP contribution in [-0.4, -0.2) is 26.2 Å². The van der Waals surface area contributed by atoms with Crippen LogP contribution < -0.4 is 4.72 Å². The molecular formula is C10H11F4NO3S. The van der Waals surface area contributed by atoms with Crippen molar-refractivity contribution in [1.82, 2.24) is 4.72 Å². The second kappa shape index (κ2) is 5.43. The molecule has 108 valence electrons. The van der Waals surface area contributed by atoms with Crippen molar-refractivity contribution in [1.29, 1.82) is 0 Å². The van der Waals surface area contributed by atoms with Gasteiger partial charge in [-0.2, -0.15) is 13.2 Å². The van der Waals surface area contributed by atoms with Crippen LogP contribution in [0.3, 0.4) is 0 Å². The zero-order chi connectivity index (χ0) is 14.8. The fourth-order valence-corrected chi connectivity index (χ4v) is 2.65. The van der Waals surface area contributed by atoms with E-state index >= 15 is 0 Å². The Bertz CT molecular complexity index is 569. The minimum atomic E-state index is -4.71. The summed E-state index contributed by atoms with van der Waals surface area (Å²) in [4.78, 5) is -0.624. The Kier molecular flexibility index (Phi) is 4.54. The molecule has 2 N–H and O–H groups in total. The lowest BCUT2D eigenvalue weighted by Crippen LogP contribution is -2.34. The third kappa shape index (κ3) is 4.15. The quantitative estimate of drug-likeness (QED) is 0.828. The van der Waals surface area contributed by atoms with E-state index in [0.717, 1.165) is 19.1 Å². The van der Waals surface area contributed by atoms with Gasteiger partial charge in [-0.3, -0.25) is 0 Å². The summed E-state index contributed by atoms with van der Waals surface area (Å²) < 4.78 is 74.0. The van der Waals surface area contributed by atoms with E-state index in [1.807, 2.05) is 0 Å². The summed E-state index contributed by atoms with van der Waals surface area (Å²) in [6.45, 7) is -1.25. The average Bonchev–Trinajstić information content (AvgIpc) is 2.29. The number of sulfonamides is 1. The Labute approximate surface area is 107 Å². The molecule has 0 saturated carbocycles. The van der Waals surface area contributed by atoms with Crippen LogP contribution in [0.2, 0.25) is 0 Å². The van der Waals surface area contributed by atoms with Crippen LogP contribution in [0.25, 0.3) is 0 Å². The number of halogens is 4. The maximum absolute atomic E-state index is 13.4. The van der Waals surface area contributed by atoms with Crippen LogP contribution in [0.4, 0.5) is 17.6 Å². The molecular weight excluding hydrogens is 290 g/mol. The summed E-state index contributed by atoms with van der Waals surface area (Å²) in [6.07, 6.45) is -4.71. The molecule has 0 aromatic heterocycles. The van der Waals surface area contributed by atoms with Crippen LogP contribution in [0, 0.1) is 12.7 Å². The molecule has 0 aliphatic rings. The lowest BCUT2D eigenvalue weighted by atomic mass is 10.1. The SMILES string of the molecule is Cc1c(F)cc(CO)cc1S(=O)(=O)NCC(F)(F)F. The van der Waals surface area contributed by atoms with Crippen LogP contribution >= 0.6 is 0 Å². The topological polar surface area (TPSA) is 66.4 Å². The maximum Gasteiger partial charge on any atom is 0.402 e. The van der Waals surface area contributed by atoms with Crippen molar-refractivity contribution < 1.29 is 31.1 Å². The summed E-state index contributed by atoms with van der Waals surface area (Å²) in [7, 11) is -4.50. The highest BCUT2D eigenvalue weighted by molar-refractivity contribution is 7.89. The minimum Gasteiger partial charge on any atom is -0.392 e. The lowest BCUT2D eigenvalue weighted by Gasteiger charge is -2.12. The van der Waals surface area contributed by atoms with Crippen molar-refractivity contribution in [3.63, 3.8) is 0 Å². The predicted molar refractivity (Wildman–Crippen MR) is 58.3 cm³/mol. The molecule has 0 spiro atoms. The zero-order valence-corrected chi connectivity index (χ0v) is 10.6. The fraction of sp³-hybridized carbons (Fsp3) is 0.400. The molecule has 0 bridgehead atoms. The monoisotopic (exact) mass is 301 g/mol. The van der Waals surface area contributed by atoms with Crippen molar-refractivity contribution in [2.75, 3.05) is 6.54 Å². The Morgan fingerprint density at radius 2 is 1.89 bits per heavy atom. The van der Waals surface area contributed by atoms with E-state index < -0.39 is 40.1 Å². The predicted octanol–water partition coefficient (Wildman–Crippen LogP) is 1.47. The van der Waals surface area contributed by atoms with Crippen molar-refractivity contribution in [2.24, 2.45) is 0 Å². The maximum atomic E-state index is 13.4. The van der Waals surface area contributed by atoms with Crippen LogP contribution in [-0.2, 0) is 16.6 Å². The molecule has 0 saturated heterocycles. The van der Waals surface area contributed by atoms with Crippen molar-refractivity contribution in [2.45, 2.75) is 24.6 Å². The number of aliphatic hydroxyl groups excluding tert-OH is 1.